The molecule has 0 unspecified atom stereocenters. The zero-order chi connectivity index (χ0) is 15.7. The van der Waals surface area contributed by atoms with Crippen LogP contribution in [0.5, 0.6) is 0 Å². The highest BCUT2D eigenvalue weighted by molar-refractivity contribution is 5.81. The number of β-amino-alcohol motifs (C(OH)–C–C–N with tert-alkyl or cyclic N) is 1. The second-order valence-electron chi connectivity index (χ2n) is 5.78. The van der Waals surface area contributed by atoms with E-state index in [4.69, 9.17) is 0 Å². The predicted octanol–water partition coefficient (Wildman–Crippen LogP) is 0.688. The number of hydrogen-bond acceptors (Lipinski definition) is 4. The molecule has 0 aliphatic carbocycles. The molecular formula is C16H19N3O3. The molecule has 1 aromatic heterocycles. The third-order valence-electron chi connectivity index (χ3n) is 4.11. The molecule has 6 nitrogen and oxygen atoms in total. The Labute approximate surface area is 128 Å². The lowest BCUT2D eigenvalue weighted by Crippen LogP contribution is -2.44. The molecule has 2 heterocycles. The largest absolute Gasteiger partial charge is 0.391 e. The topological polar surface area (TPSA) is 75.4 Å². The number of piperidine rings is 1. The molecule has 22 heavy (non-hydrogen) atoms. The Morgan fingerprint density at radius 2 is 2.27 bits per heavy atom. The summed E-state index contributed by atoms with van der Waals surface area (Å²) in [5, 5.41) is 10.2. The van der Waals surface area contributed by atoms with Gasteiger partial charge in [-0.15, -0.1) is 0 Å². The van der Waals surface area contributed by atoms with Crippen LogP contribution in [0.25, 0.3) is 10.9 Å². The summed E-state index contributed by atoms with van der Waals surface area (Å²) in [4.78, 5) is 30.7. The molecular weight excluding hydrogens is 282 g/mol. The number of aryl methyl sites for hydroxylation is 1. The summed E-state index contributed by atoms with van der Waals surface area (Å²) in [6.07, 6.45) is 2.47. The maximum absolute atomic E-state index is 12.5. The fraction of sp³-hybridized carbons (Fsp3) is 0.438. The maximum atomic E-state index is 12.5. The Morgan fingerprint density at radius 1 is 1.45 bits per heavy atom. The van der Waals surface area contributed by atoms with Crippen LogP contribution < -0.4 is 5.56 Å². The van der Waals surface area contributed by atoms with E-state index in [1.165, 1.54) is 10.9 Å². The van der Waals surface area contributed by atoms with E-state index in [9.17, 15) is 14.7 Å². The van der Waals surface area contributed by atoms with E-state index in [0.29, 0.717) is 24.0 Å². The van der Waals surface area contributed by atoms with E-state index in [1.54, 1.807) is 11.0 Å². The van der Waals surface area contributed by atoms with Crippen LogP contribution in [0.15, 0.2) is 29.3 Å². The van der Waals surface area contributed by atoms with Gasteiger partial charge >= 0.3 is 0 Å². The Balaban J connectivity index is 1.86. The lowest BCUT2D eigenvalue weighted by Gasteiger charge is -2.30. The number of carbonyl (C=O) groups excluding carboxylic acids is 1. The number of aliphatic hydroxyl groups is 1. The van der Waals surface area contributed by atoms with E-state index in [1.807, 2.05) is 19.1 Å². The Morgan fingerprint density at radius 3 is 3.05 bits per heavy atom. The van der Waals surface area contributed by atoms with Crippen molar-refractivity contribution in [3.05, 3.63) is 40.4 Å². The number of amides is 1. The lowest BCUT2D eigenvalue weighted by molar-refractivity contribution is -0.134. The van der Waals surface area contributed by atoms with Crippen molar-refractivity contribution in [3.63, 3.8) is 0 Å². The van der Waals surface area contributed by atoms with Gasteiger partial charge in [-0.3, -0.25) is 14.2 Å². The molecule has 1 aliphatic heterocycles. The molecule has 116 valence electrons. The second kappa shape index (κ2) is 5.88. The first kappa shape index (κ1) is 14.7. The molecule has 1 saturated heterocycles. The Hall–Kier alpha value is -2.21. The summed E-state index contributed by atoms with van der Waals surface area (Å²) in [7, 11) is 0. The number of aromatic nitrogens is 2. The van der Waals surface area contributed by atoms with Crippen LogP contribution in [0.3, 0.4) is 0 Å². The minimum atomic E-state index is -0.466. The number of fused-ring (bicyclic) bond motifs is 1. The van der Waals surface area contributed by atoms with Crippen molar-refractivity contribution in [1.82, 2.24) is 14.5 Å². The van der Waals surface area contributed by atoms with Gasteiger partial charge in [0.15, 0.2) is 0 Å². The number of rotatable bonds is 2. The van der Waals surface area contributed by atoms with Gasteiger partial charge < -0.3 is 10.0 Å². The maximum Gasteiger partial charge on any atom is 0.261 e. The van der Waals surface area contributed by atoms with E-state index in [0.717, 1.165) is 18.4 Å². The highest BCUT2D eigenvalue weighted by Crippen LogP contribution is 2.12. The zero-order valence-electron chi connectivity index (χ0n) is 12.5. The van der Waals surface area contributed by atoms with Crippen LogP contribution in [0.2, 0.25) is 0 Å². The summed E-state index contributed by atoms with van der Waals surface area (Å²) in [5.41, 5.74) is 1.40. The summed E-state index contributed by atoms with van der Waals surface area (Å²) >= 11 is 0. The van der Waals surface area contributed by atoms with Gasteiger partial charge in [0.05, 0.1) is 23.3 Å². The first-order chi connectivity index (χ1) is 10.6. The third-order valence-corrected chi connectivity index (χ3v) is 4.11. The number of carbonyl (C=O) groups is 1. The quantitative estimate of drug-likeness (QED) is 0.885. The minimum Gasteiger partial charge on any atom is -0.391 e. The number of nitrogens with zero attached hydrogens (tertiary/aromatic N) is 3. The van der Waals surface area contributed by atoms with Gasteiger partial charge in [0, 0.05) is 13.1 Å². The van der Waals surface area contributed by atoms with E-state index in [-0.39, 0.29) is 18.0 Å². The number of aliphatic hydroxyl groups excluding tert-OH is 1. The SMILES string of the molecule is Cc1cccc2c(=O)n(CC(=O)N3CCC[C@@H](O)C3)cnc12. The van der Waals surface area contributed by atoms with Crippen molar-refractivity contribution < 1.29 is 9.90 Å². The van der Waals surface area contributed by atoms with Crippen molar-refractivity contribution in [3.8, 4) is 0 Å². The zero-order valence-corrected chi connectivity index (χ0v) is 12.5. The first-order valence-corrected chi connectivity index (χ1v) is 7.47. The standard InChI is InChI=1S/C16H19N3O3/c1-11-4-2-6-13-15(11)17-10-19(16(13)22)9-14(21)18-7-3-5-12(20)8-18/h2,4,6,10,12,20H,3,5,7-9H2,1H3/t12-/m1/s1. The Kier molecular flexibility index (Phi) is 3.94. The number of likely N-dealkylation sites (tertiary alicyclic amines) is 1. The molecule has 3 rings (SSSR count). The lowest BCUT2D eigenvalue weighted by atomic mass is 10.1. The third kappa shape index (κ3) is 2.74. The number of hydrogen-bond donors (Lipinski definition) is 1. The molecule has 1 N–H and O–H groups in total. The van der Waals surface area contributed by atoms with Gasteiger partial charge in [0.25, 0.3) is 5.56 Å². The van der Waals surface area contributed by atoms with Gasteiger partial charge in [-0.1, -0.05) is 12.1 Å². The van der Waals surface area contributed by atoms with Crippen LogP contribution in [0, 0.1) is 6.92 Å². The van der Waals surface area contributed by atoms with Gasteiger partial charge in [0.1, 0.15) is 6.54 Å². The van der Waals surface area contributed by atoms with Crippen LogP contribution in [0.4, 0.5) is 0 Å². The first-order valence-electron chi connectivity index (χ1n) is 7.47. The fourth-order valence-corrected chi connectivity index (χ4v) is 2.88. The molecule has 1 amide bonds. The Bertz CT molecular complexity index is 769. The van der Waals surface area contributed by atoms with Crippen LogP contribution in [-0.2, 0) is 11.3 Å². The summed E-state index contributed by atoms with van der Waals surface area (Å²) in [5.74, 6) is -0.158. The van der Waals surface area contributed by atoms with Crippen molar-refractivity contribution in [2.75, 3.05) is 13.1 Å². The van der Waals surface area contributed by atoms with Gasteiger partial charge in [-0.25, -0.2) is 4.98 Å². The molecule has 1 aliphatic rings. The van der Waals surface area contributed by atoms with E-state index < -0.39 is 6.10 Å². The number of benzene rings is 1. The van der Waals surface area contributed by atoms with Crippen molar-refractivity contribution >= 4 is 16.8 Å². The highest BCUT2D eigenvalue weighted by atomic mass is 16.3. The molecule has 6 heteroatoms. The van der Waals surface area contributed by atoms with E-state index in [2.05, 4.69) is 4.98 Å². The van der Waals surface area contributed by atoms with Crippen LogP contribution >= 0.6 is 0 Å². The van der Waals surface area contributed by atoms with Gasteiger partial charge in [-0.05, 0) is 31.4 Å². The highest BCUT2D eigenvalue weighted by Gasteiger charge is 2.22. The van der Waals surface area contributed by atoms with Gasteiger partial charge in [0.2, 0.25) is 5.91 Å². The second-order valence-corrected chi connectivity index (χ2v) is 5.78. The monoisotopic (exact) mass is 301 g/mol. The molecule has 1 atom stereocenters. The predicted molar refractivity (Wildman–Crippen MR) is 82.6 cm³/mol. The van der Waals surface area contributed by atoms with Crippen LogP contribution in [-0.4, -0.2) is 44.7 Å². The molecule has 2 aromatic rings. The van der Waals surface area contributed by atoms with Crippen molar-refractivity contribution in [2.24, 2.45) is 0 Å². The van der Waals surface area contributed by atoms with Gasteiger partial charge in [-0.2, -0.15) is 0 Å². The summed E-state index contributed by atoms with van der Waals surface area (Å²) in [6, 6.07) is 5.44. The van der Waals surface area contributed by atoms with E-state index >= 15 is 0 Å². The van der Waals surface area contributed by atoms with Crippen LogP contribution in [0.1, 0.15) is 18.4 Å². The molecule has 0 bridgehead atoms. The normalized spacial score (nSPS) is 18.6. The average molecular weight is 301 g/mol. The average Bonchev–Trinajstić information content (AvgIpc) is 2.50. The van der Waals surface area contributed by atoms with Crippen molar-refractivity contribution in [1.29, 1.82) is 0 Å². The molecule has 0 radical (unpaired) electrons. The molecule has 1 fully saturated rings. The summed E-state index contributed by atoms with van der Waals surface area (Å²) in [6.45, 7) is 2.83. The molecule has 1 aromatic carbocycles. The van der Waals surface area contributed by atoms with Crippen molar-refractivity contribution in [2.45, 2.75) is 32.4 Å². The molecule has 0 saturated carbocycles. The summed E-state index contributed by atoms with van der Waals surface area (Å²) < 4.78 is 1.34. The molecule has 0 spiro atoms. The minimum absolute atomic E-state index is 0.0393. The number of para-hydroxylation sites is 1. The fourth-order valence-electron chi connectivity index (χ4n) is 2.88. The smallest absolute Gasteiger partial charge is 0.261 e.